The van der Waals surface area contributed by atoms with Crippen LogP contribution < -0.4 is 0 Å². The van der Waals surface area contributed by atoms with Crippen molar-refractivity contribution in [2.24, 2.45) is 0 Å². The molecule has 2 atom stereocenters. The summed E-state index contributed by atoms with van der Waals surface area (Å²) in [4.78, 5) is 39.3. The minimum absolute atomic E-state index is 0.00421. The first-order valence-corrected chi connectivity index (χ1v) is 19.4. The third-order valence-electron chi connectivity index (χ3n) is 9.00. The van der Waals surface area contributed by atoms with E-state index in [4.69, 9.17) is 0 Å². The van der Waals surface area contributed by atoms with E-state index in [0.29, 0.717) is 19.3 Å². The van der Waals surface area contributed by atoms with E-state index in [9.17, 15) is 29.7 Å². The molecule has 0 bridgehead atoms. The molecule has 6 heteroatoms. The summed E-state index contributed by atoms with van der Waals surface area (Å²) in [5.74, 6) is -2.19. The number of Topliss-reactive ketones (excluding diaryl/α,β-unsaturated/α-hetero) is 3. The Bertz CT molecular complexity index is 837. The van der Waals surface area contributed by atoms with Gasteiger partial charge in [0.25, 0.3) is 0 Å². The molecule has 0 radical (unpaired) electrons. The molecule has 6 nitrogen and oxygen atoms in total. The van der Waals surface area contributed by atoms with Gasteiger partial charge in [0.2, 0.25) is 0 Å². The molecule has 0 rings (SSSR count). The second kappa shape index (κ2) is 31.4. The Morgan fingerprint density at radius 2 is 0.851 bits per heavy atom. The van der Waals surface area contributed by atoms with Crippen LogP contribution in [0.15, 0.2) is 36.5 Å². The normalized spacial score (nSPS) is 14.7. The number of rotatable bonds is 34. The van der Waals surface area contributed by atoms with Gasteiger partial charge in [0.05, 0.1) is 0 Å². The van der Waals surface area contributed by atoms with Gasteiger partial charge in [0.15, 0.2) is 35.2 Å². The molecule has 0 saturated carbocycles. The molecular formula is C41H72O6. The zero-order valence-corrected chi connectivity index (χ0v) is 30.6. The van der Waals surface area contributed by atoms with E-state index in [0.717, 1.165) is 116 Å². The molecule has 0 amide bonds. The molecule has 0 aliphatic heterocycles. The topological polar surface area (TPSA) is 112 Å². The Morgan fingerprint density at radius 3 is 1.30 bits per heavy atom. The highest BCUT2D eigenvalue weighted by Crippen LogP contribution is 2.26. The van der Waals surface area contributed by atoms with Gasteiger partial charge in [-0.2, -0.15) is 0 Å². The lowest BCUT2D eigenvalue weighted by Gasteiger charge is -2.34. The van der Waals surface area contributed by atoms with Crippen LogP contribution in [-0.2, 0) is 14.4 Å². The zero-order valence-electron chi connectivity index (χ0n) is 30.6. The number of allylic oxidation sites excluding steroid dienone is 6. The smallest absolute Gasteiger partial charge is 0.189 e. The molecule has 0 saturated heterocycles. The second-order valence-corrected chi connectivity index (χ2v) is 13.3. The van der Waals surface area contributed by atoms with Crippen molar-refractivity contribution in [1.82, 2.24) is 0 Å². The summed E-state index contributed by atoms with van der Waals surface area (Å²) in [5, 5.41) is 33.4. The highest BCUT2D eigenvalue weighted by molar-refractivity contribution is 6.01. The van der Waals surface area contributed by atoms with Crippen LogP contribution in [0.1, 0.15) is 188 Å². The van der Waals surface area contributed by atoms with E-state index in [1.165, 1.54) is 12.8 Å². The van der Waals surface area contributed by atoms with Gasteiger partial charge < -0.3 is 15.3 Å². The molecule has 0 aliphatic rings. The first kappa shape index (κ1) is 45.1. The first-order valence-electron chi connectivity index (χ1n) is 19.4. The molecule has 0 fully saturated rings. The van der Waals surface area contributed by atoms with Gasteiger partial charge in [-0.05, 0) is 51.4 Å². The van der Waals surface area contributed by atoms with Crippen LogP contribution >= 0.6 is 0 Å². The predicted octanol–water partition coefficient (Wildman–Crippen LogP) is 10.0. The maximum Gasteiger partial charge on any atom is 0.189 e. The Labute approximate surface area is 288 Å². The maximum absolute atomic E-state index is 13.4. The summed E-state index contributed by atoms with van der Waals surface area (Å²) < 4.78 is 0. The Hall–Kier alpha value is -1.89. The fourth-order valence-electron chi connectivity index (χ4n) is 5.84. The molecule has 2 unspecified atom stereocenters. The minimum Gasteiger partial charge on any atom is -0.382 e. The number of hydrogen-bond donors (Lipinski definition) is 3. The van der Waals surface area contributed by atoms with E-state index in [1.54, 1.807) is 0 Å². The number of aliphatic hydroxyl groups excluding tert-OH is 2. The Balaban J connectivity index is 4.89. The monoisotopic (exact) mass is 661 g/mol. The Morgan fingerprint density at radius 1 is 0.489 bits per heavy atom. The fourth-order valence-corrected chi connectivity index (χ4v) is 5.84. The summed E-state index contributed by atoms with van der Waals surface area (Å²) in [6, 6.07) is 0. The van der Waals surface area contributed by atoms with E-state index in [-0.39, 0.29) is 19.3 Å². The minimum atomic E-state index is -2.80. The second-order valence-electron chi connectivity index (χ2n) is 13.3. The number of hydrogen-bond acceptors (Lipinski definition) is 6. The Kier molecular flexibility index (Phi) is 30.1. The molecule has 0 aromatic rings. The number of aliphatic hydroxyl groups is 3. The predicted molar refractivity (Wildman–Crippen MR) is 196 cm³/mol. The van der Waals surface area contributed by atoms with Crippen molar-refractivity contribution in [3.63, 3.8) is 0 Å². The average Bonchev–Trinajstić information content (AvgIpc) is 3.07. The number of ketones is 3. The van der Waals surface area contributed by atoms with Crippen LogP contribution in [-0.4, -0.2) is 50.5 Å². The third kappa shape index (κ3) is 22.4. The summed E-state index contributed by atoms with van der Waals surface area (Å²) >= 11 is 0. The van der Waals surface area contributed by atoms with Crippen LogP contribution in [0.5, 0.6) is 0 Å². The van der Waals surface area contributed by atoms with Crippen molar-refractivity contribution in [1.29, 1.82) is 0 Å². The molecule has 0 heterocycles. The summed E-state index contributed by atoms with van der Waals surface area (Å²) in [6.45, 7) is 6.45. The lowest BCUT2D eigenvalue weighted by Crippen LogP contribution is -2.63. The van der Waals surface area contributed by atoms with Crippen LogP contribution in [0, 0.1) is 0 Å². The van der Waals surface area contributed by atoms with Crippen molar-refractivity contribution >= 4 is 17.3 Å². The molecule has 0 aliphatic carbocycles. The van der Waals surface area contributed by atoms with Crippen molar-refractivity contribution in [3.8, 4) is 0 Å². The molecule has 272 valence electrons. The van der Waals surface area contributed by atoms with Gasteiger partial charge in [0, 0.05) is 19.3 Å². The van der Waals surface area contributed by atoms with Gasteiger partial charge in [-0.25, -0.2) is 0 Å². The van der Waals surface area contributed by atoms with Gasteiger partial charge in [-0.1, -0.05) is 154 Å². The SMILES string of the molecule is CC/C=C\C/C=C\C/C=C\CCCCCCCC(=O)C(O)(C(O)C(=O)CCCCCCCCC)C(O)C(=O)CCCCCCCCC. The molecule has 0 aromatic carbocycles. The molecule has 0 aromatic heterocycles. The largest absolute Gasteiger partial charge is 0.382 e. The molecular weight excluding hydrogens is 588 g/mol. The van der Waals surface area contributed by atoms with Crippen molar-refractivity contribution in [2.75, 3.05) is 0 Å². The van der Waals surface area contributed by atoms with Crippen LogP contribution in [0.2, 0.25) is 0 Å². The molecule has 47 heavy (non-hydrogen) atoms. The van der Waals surface area contributed by atoms with Gasteiger partial charge in [0.1, 0.15) is 0 Å². The van der Waals surface area contributed by atoms with Gasteiger partial charge >= 0.3 is 0 Å². The quantitative estimate of drug-likeness (QED) is 0.0468. The van der Waals surface area contributed by atoms with E-state index >= 15 is 0 Å². The van der Waals surface area contributed by atoms with Crippen LogP contribution in [0.4, 0.5) is 0 Å². The number of carbonyl (C=O) groups excluding carboxylic acids is 3. The van der Waals surface area contributed by atoms with Gasteiger partial charge in [-0.3, -0.25) is 14.4 Å². The van der Waals surface area contributed by atoms with E-state index < -0.39 is 35.2 Å². The lowest BCUT2D eigenvalue weighted by molar-refractivity contribution is -0.181. The summed E-state index contributed by atoms with van der Waals surface area (Å²) in [5.41, 5.74) is -2.80. The van der Waals surface area contributed by atoms with Crippen LogP contribution in [0.25, 0.3) is 0 Å². The van der Waals surface area contributed by atoms with Crippen molar-refractivity contribution < 1.29 is 29.7 Å². The third-order valence-corrected chi connectivity index (χ3v) is 9.00. The molecule has 0 spiro atoms. The van der Waals surface area contributed by atoms with Crippen LogP contribution in [0.3, 0.4) is 0 Å². The standard InChI is InChI=1S/C41H72O6/c1-4-7-10-13-16-17-18-19-20-21-22-23-26-29-32-35-38(44)41(47,39(45)36(42)33-30-27-24-14-11-8-5-2)40(46)37(43)34-31-28-25-15-12-9-6-3/h7,10,16-17,19-20,39-40,45-47H,4-6,8-9,11-15,18,21-35H2,1-3H3/b10-7-,17-16-,20-19-. The van der Waals surface area contributed by atoms with E-state index in [2.05, 4.69) is 57.2 Å². The maximum atomic E-state index is 13.4. The highest BCUT2D eigenvalue weighted by atomic mass is 16.4. The number of carbonyl (C=O) groups is 3. The zero-order chi connectivity index (χ0) is 35.0. The van der Waals surface area contributed by atoms with Gasteiger partial charge in [-0.15, -0.1) is 0 Å². The van der Waals surface area contributed by atoms with E-state index in [1.807, 2.05) is 0 Å². The molecule has 3 N–H and O–H groups in total. The van der Waals surface area contributed by atoms with Crippen molar-refractivity contribution in [2.45, 2.75) is 206 Å². The summed E-state index contributed by atoms with van der Waals surface area (Å²) in [7, 11) is 0. The number of unbranched alkanes of at least 4 members (excludes halogenated alkanes) is 17. The summed E-state index contributed by atoms with van der Waals surface area (Å²) in [6.07, 6.45) is 30.8. The lowest BCUT2D eigenvalue weighted by atomic mass is 9.78. The first-order chi connectivity index (χ1) is 22.8. The van der Waals surface area contributed by atoms with Crippen molar-refractivity contribution in [3.05, 3.63) is 36.5 Å². The average molecular weight is 661 g/mol. The highest BCUT2D eigenvalue weighted by Gasteiger charge is 2.53. The fraction of sp³-hybridized carbons (Fsp3) is 0.780.